The number of carboxylic acids is 1. The Morgan fingerprint density at radius 2 is 2.00 bits per heavy atom. The molecule has 1 aliphatic carbocycles. The number of nitrogens with one attached hydrogen (secondary N) is 1. The van der Waals surface area contributed by atoms with Gasteiger partial charge in [0.15, 0.2) is 11.5 Å². The predicted octanol–water partition coefficient (Wildman–Crippen LogP) is 4.23. The zero-order chi connectivity index (χ0) is 18.3. The Labute approximate surface area is 152 Å². The fourth-order valence-electron chi connectivity index (χ4n) is 4.19. The number of benzene rings is 2. The lowest BCUT2D eigenvalue weighted by Gasteiger charge is -2.38. The van der Waals surface area contributed by atoms with E-state index in [0.717, 1.165) is 29.0 Å². The number of fused-ring (bicyclic) bond motifs is 3. The summed E-state index contributed by atoms with van der Waals surface area (Å²) in [5, 5.41) is 12.9. The number of para-hydroxylation sites is 1. The molecule has 0 spiro atoms. The number of allylic oxidation sites excluding steroid dienone is 2. The average Bonchev–Trinajstić information content (AvgIpc) is 3.16. The Morgan fingerprint density at radius 3 is 2.73 bits per heavy atom. The maximum Gasteiger partial charge on any atom is 0.335 e. The summed E-state index contributed by atoms with van der Waals surface area (Å²) in [6.07, 6.45) is 5.30. The lowest BCUT2D eigenvalue weighted by molar-refractivity contribution is 0.0696. The standard InChI is InChI=1S/C21H21NO4/c1-25-18-8-4-7-15(20(18)26-2)19-14-6-3-5-13(14)16-11-12(21(23)24)9-10-17(16)22-19/h3-5,7-11,13-14,19,22H,6H2,1-2H3,(H,23,24)/t13-,14+,19+/m0/s1. The van der Waals surface area contributed by atoms with E-state index >= 15 is 0 Å². The van der Waals surface area contributed by atoms with Crippen LogP contribution in [0.5, 0.6) is 11.5 Å². The van der Waals surface area contributed by atoms with Crippen LogP contribution >= 0.6 is 0 Å². The molecule has 2 N–H and O–H groups in total. The topological polar surface area (TPSA) is 67.8 Å². The van der Waals surface area contributed by atoms with Crippen molar-refractivity contribution in [3.8, 4) is 11.5 Å². The zero-order valence-corrected chi connectivity index (χ0v) is 14.7. The Bertz CT molecular complexity index is 890. The number of anilines is 1. The number of rotatable bonds is 4. The van der Waals surface area contributed by atoms with Gasteiger partial charge < -0.3 is 19.9 Å². The van der Waals surface area contributed by atoms with Crippen LogP contribution in [0.1, 0.15) is 39.9 Å². The van der Waals surface area contributed by atoms with Crippen LogP contribution in [0.2, 0.25) is 0 Å². The summed E-state index contributed by atoms with van der Waals surface area (Å²) in [5.74, 6) is 1.03. The SMILES string of the molecule is COc1cccc([C@@H]2Nc3ccc(C(=O)O)cc3[C@H]3C=CC[C@H]32)c1OC. The molecule has 2 aromatic carbocycles. The molecule has 134 valence electrons. The van der Waals surface area contributed by atoms with Crippen molar-refractivity contribution in [1.29, 1.82) is 0 Å². The molecule has 1 aliphatic heterocycles. The maximum atomic E-state index is 11.3. The lowest BCUT2D eigenvalue weighted by atomic mass is 9.76. The monoisotopic (exact) mass is 351 g/mol. The van der Waals surface area contributed by atoms with Crippen molar-refractivity contribution in [2.45, 2.75) is 18.4 Å². The first-order valence-corrected chi connectivity index (χ1v) is 8.65. The van der Waals surface area contributed by atoms with Crippen molar-refractivity contribution >= 4 is 11.7 Å². The van der Waals surface area contributed by atoms with Crippen LogP contribution in [-0.2, 0) is 0 Å². The molecule has 4 rings (SSSR count). The molecule has 0 amide bonds. The van der Waals surface area contributed by atoms with Gasteiger partial charge in [-0.2, -0.15) is 0 Å². The molecule has 0 fully saturated rings. The van der Waals surface area contributed by atoms with Crippen molar-refractivity contribution in [1.82, 2.24) is 0 Å². The highest BCUT2D eigenvalue weighted by Gasteiger charge is 2.39. The van der Waals surface area contributed by atoms with E-state index in [0.29, 0.717) is 17.2 Å². The quantitative estimate of drug-likeness (QED) is 0.807. The van der Waals surface area contributed by atoms with Gasteiger partial charge in [0.05, 0.1) is 25.8 Å². The Balaban J connectivity index is 1.81. The van der Waals surface area contributed by atoms with Crippen LogP contribution in [0.25, 0.3) is 0 Å². The molecule has 5 nitrogen and oxygen atoms in total. The third kappa shape index (κ3) is 2.51. The number of carbonyl (C=O) groups is 1. The van der Waals surface area contributed by atoms with Gasteiger partial charge in [-0.25, -0.2) is 4.79 Å². The molecule has 5 heteroatoms. The normalized spacial score (nSPS) is 22.9. The van der Waals surface area contributed by atoms with Gasteiger partial charge in [-0.15, -0.1) is 0 Å². The van der Waals surface area contributed by atoms with E-state index in [1.54, 1.807) is 26.4 Å². The van der Waals surface area contributed by atoms with Crippen molar-refractivity contribution in [2.75, 3.05) is 19.5 Å². The number of hydrogen-bond acceptors (Lipinski definition) is 4. The summed E-state index contributed by atoms with van der Waals surface area (Å²) in [6, 6.07) is 11.3. The fourth-order valence-corrected chi connectivity index (χ4v) is 4.19. The van der Waals surface area contributed by atoms with Crippen LogP contribution in [-0.4, -0.2) is 25.3 Å². The molecule has 0 bridgehead atoms. The molecule has 3 atom stereocenters. The number of carboxylic acid groups (broad SMARTS) is 1. The maximum absolute atomic E-state index is 11.3. The van der Waals surface area contributed by atoms with Gasteiger partial charge in [-0.1, -0.05) is 24.3 Å². The molecular weight excluding hydrogens is 330 g/mol. The highest BCUT2D eigenvalue weighted by Crippen LogP contribution is 2.52. The predicted molar refractivity (Wildman–Crippen MR) is 99.3 cm³/mol. The third-order valence-electron chi connectivity index (χ3n) is 5.38. The highest BCUT2D eigenvalue weighted by molar-refractivity contribution is 5.89. The number of aromatic carboxylic acids is 1. The van der Waals surface area contributed by atoms with E-state index in [9.17, 15) is 9.90 Å². The number of ether oxygens (including phenoxy) is 2. The summed E-state index contributed by atoms with van der Waals surface area (Å²) < 4.78 is 11.1. The fraction of sp³-hybridized carbons (Fsp3) is 0.286. The minimum atomic E-state index is -0.900. The molecule has 0 saturated heterocycles. The molecule has 0 saturated carbocycles. The van der Waals surface area contributed by atoms with E-state index in [1.807, 2.05) is 18.2 Å². The van der Waals surface area contributed by atoms with E-state index in [2.05, 4.69) is 23.5 Å². The van der Waals surface area contributed by atoms with Crippen molar-refractivity contribution in [3.63, 3.8) is 0 Å². The first-order valence-electron chi connectivity index (χ1n) is 8.65. The molecule has 1 heterocycles. The summed E-state index contributed by atoms with van der Waals surface area (Å²) in [4.78, 5) is 11.3. The third-order valence-corrected chi connectivity index (χ3v) is 5.38. The first-order chi connectivity index (χ1) is 12.6. The van der Waals surface area contributed by atoms with Gasteiger partial charge in [0.1, 0.15) is 0 Å². The van der Waals surface area contributed by atoms with Crippen molar-refractivity contribution in [3.05, 3.63) is 65.2 Å². The summed E-state index contributed by atoms with van der Waals surface area (Å²) >= 11 is 0. The Hall–Kier alpha value is -2.95. The molecule has 2 aliphatic rings. The molecule has 2 aromatic rings. The van der Waals surface area contributed by atoms with Gasteiger partial charge in [-0.05, 0) is 42.2 Å². The van der Waals surface area contributed by atoms with Gasteiger partial charge in [-0.3, -0.25) is 0 Å². The second-order valence-electron chi connectivity index (χ2n) is 6.67. The van der Waals surface area contributed by atoms with Gasteiger partial charge in [0.2, 0.25) is 0 Å². The molecule has 0 unspecified atom stereocenters. The van der Waals surface area contributed by atoms with Crippen LogP contribution < -0.4 is 14.8 Å². The molecule has 0 aromatic heterocycles. The van der Waals surface area contributed by atoms with Crippen LogP contribution in [0.3, 0.4) is 0 Å². The van der Waals surface area contributed by atoms with E-state index in [4.69, 9.17) is 9.47 Å². The lowest BCUT2D eigenvalue weighted by Crippen LogP contribution is -2.29. The highest BCUT2D eigenvalue weighted by atomic mass is 16.5. The van der Waals surface area contributed by atoms with E-state index in [-0.39, 0.29) is 12.0 Å². The molecular formula is C21H21NO4. The zero-order valence-electron chi connectivity index (χ0n) is 14.7. The second kappa shape index (κ2) is 6.41. The van der Waals surface area contributed by atoms with Crippen molar-refractivity contribution in [2.24, 2.45) is 5.92 Å². The first kappa shape index (κ1) is 16.5. The van der Waals surface area contributed by atoms with E-state index in [1.165, 1.54) is 0 Å². The Kier molecular flexibility index (Phi) is 4.07. The second-order valence-corrected chi connectivity index (χ2v) is 6.67. The average molecular weight is 351 g/mol. The van der Waals surface area contributed by atoms with Gasteiger partial charge in [0, 0.05) is 17.2 Å². The number of methoxy groups -OCH3 is 2. The van der Waals surface area contributed by atoms with Crippen LogP contribution in [0.15, 0.2) is 48.6 Å². The van der Waals surface area contributed by atoms with Gasteiger partial charge in [0.25, 0.3) is 0 Å². The summed E-state index contributed by atoms with van der Waals surface area (Å²) in [5.41, 5.74) is 3.39. The number of hydrogen-bond donors (Lipinski definition) is 2. The minimum Gasteiger partial charge on any atom is -0.493 e. The Morgan fingerprint density at radius 1 is 1.15 bits per heavy atom. The molecule has 26 heavy (non-hydrogen) atoms. The summed E-state index contributed by atoms with van der Waals surface area (Å²) in [6.45, 7) is 0. The summed E-state index contributed by atoms with van der Waals surface area (Å²) in [7, 11) is 3.29. The minimum absolute atomic E-state index is 0.0585. The van der Waals surface area contributed by atoms with Crippen LogP contribution in [0.4, 0.5) is 5.69 Å². The van der Waals surface area contributed by atoms with Crippen molar-refractivity contribution < 1.29 is 19.4 Å². The molecule has 0 radical (unpaired) electrons. The largest absolute Gasteiger partial charge is 0.493 e. The van der Waals surface area contributed by atoms with E-state index < -0.39 is 5.97 Å². The van der Waals surface area contributed by atoms with Crippen LogP contribution in [0, 0.1) is 5.92 Å². The van der Waals surface area contributed by atoms with Gasteiger partial charge >= 0.3 is 5.97 Å². The smallest absolute Gasteiger partial charge is 0.335 e.